The molecule has 13 nitrogen and oxygen atoms in total. The molecule has 242 valence electrons. The minimum atomic E-state index is -0.409. The second kappa shape index (κ2) is 17.5. The van der Waals surface area contributed by atoms with Gasteiger partial charge in [-0.1, -0.05) is 11.6 Å². The van der Waals surface area contributed by atoms with Gasteiger partial charge in [-0.3, -0.25) is 4.79 Å². The van der Waals surface area contributed by atoms with E-state index in [1.807, 2.05) is 25.1 Å². The summed E-state index contributed by atoms with van der Waals surface area (Å²) in [6.45, 7) is 5.74. The summed E-state index contributed by atoms with van der Waals surface area (Å²) in [6, 6.07) is 10.0. The van der Waals surface area contributed by atoms with E-state index >= 15 is 0 Å². The monoisotopic (exact) mass is 633 g/mol. The van der Waals surface area contributed by atoms with Crippen molar-refractivity contribution in [2.45, 2.75) is 45.4 Å². The van der Waals surface area contributed by atoms with E-state index in [1.54, 1.807) is 6.07 Å². The van der Waals surface area contributed by atoms with E-state index in [1.165, 1.54) is 25.0 Å². The van der Waals surface area contributed by atoms with Crippen LogP contribution in [0, 0.1) is 6.92 Å². The zero-order chi connectivity index (χ0) is 25.8. The Balaban J connectivity index is -0.000000623. The van der Waals surface area contributed by atoms with Gasteiger partial charge in [0.15, 0.2) is 0 Å². The molecule has 15 heteroatoms. The number of aryl methyl sites for hydroxylation is 1. The lowest BCUT2D eigenvalue weighted by Gasteiger charge is -2.30. The Morgan fingerprint density at radius 3 is 1.88 bits per heavy atom. The van der Waals surface area contributed by atoms with Crippen molar-refractivity contribution in [3.05, 3.63) is 52.5 Å². The van der Waals surface area contributed by atoms with E-state index in [0.29, 0.717) is 16.7 Å². The number of carbonyl (C=O) groups is 1. The number of hydrogen-bond acceptors (Lipinski definition) is 12. The van der Waals surface area contributed by atoms with Gasteiger partial charge in [-0.25, -0.2) is 0 Å². The van der Waals surface area contributed by atoms with Crippen molar-refractivity contribution in [3.8, 4) is 5.75 Å². The van der Waals surface area contributed by atoms with Crippen LogP contribution in [0.2, 0.25) is 5.02 Å². The average Bonchev–Trinajstić information content (AvgIpc) is 2.91. The van der Waals surface area contributed by atoms with Crippen LogP contribution in [0.5, 0.6) is 5.75 Å². The van der Waals surface area contributed by atoms with Crippen LogP contribution in [0.25, 0.3) is 0 Å². The Labute approximate surface area is 264 Å². The van der Waals surface area contributed by atoms with Crippen LogP contribution in [0.1, 0.15) is 60.2 Å². The zero-order valence-electron chi connectivity index (χ0n) is 24.2. The van der Waals surface area contributed by atoms with Gasteiger partial charge in [-0.05, 0) is 87.4 Å². The summed E-state index contributed by atoms with van der Waals surface area (Å²) in [6.07, 6.45) is 7.07. The van der Waals surface area contributed by atoms with E-state index in [-0.39, 0.29) is 54.0 Å². The Morgan fingerprint density at radius 1 is 0.833 bits per heavy atom. The fourth-order valence-electron chi connectivity index (χ4n) is 4.78. The Hall–Kier alpha value is -3.46. The molecule has 15 N–H and O–H groups in total. The number of carbonyl (C=O) groups excluding carboxylic acids is 1. The molecule has 1 amide bonds. The minimum Gasteiger partial charge on any atom is -0.507 e. The largest absolute Gasteiger partial charge is 0.507 e. The number of rotatable bonds is 6. The SMILES string of the molecule is Cc1cc(Nc2nc(N3CCCCC3)nc(N3CCCCC3)n2)ccc1NC(=O)c1ccc(Cl)cc1O.Cl.N.N.N.N.[HH].[HH].[HH].[HH]. The summed E-state index contributed by atoms with van der Waals surface area (Å²) in [5, 5.41) is 16.6. The van der Waals surface area contributed by atoms with E-state index in [0.717, 1.165) is 75.0 Å². The van der Waals surface area contributed by atoms with Gasteiger partial charge in [-0.2, -0.15) is 15.0 Å². The van der Waals surface area contributed by atoms with Gasteiger partial charge in [0.05, 0.1) is 5.56 Å². The first kappa shape index (κ1) is 38.5. The fourth-order valence-corrected chi connectivity index (χ4v) is 4.94. The molecule has 0 atom stereocenters. The van der Waals surface area contributed by atoms with Crippen LogP contribution in [0.4, 0.5) is 29.2 Å². The normalized spacial score (nSPS) is 14.0. The highest BCUT2D eigenvalue weighted by Gasteiger charge is 2.21. The maximum absolute atomic E-state index is 12.7. The number of benzene rings is 2. The maximum Gasteiger partial charge on any atom is 0.259 e. The van der Waals surface area contributed by atoms with Gasteiger partial charge in [0.25, 0.3) is 5.91 Å². The summed E-state index contributed by atoms with van der Waals surface area (Å²) in [4.78, 5) is 31.5. The maximum atomic E-state index is 12.7. The van der Waals surface area contributed by atoms with Gasteiger partial charge in [0, 0.05) is 48.3 Å². The molecule has 0 unspecified atom stereocenters. The average molecular weight is 635 g/mol. The lowest BCUT2D eigenvalue weighted by molar-refractivity contribution is 0.102. The standard InChI is InChI=1S/C27H32ClN7O2.ClH.4H3N.4H2/c1-18-16-20(9-11-22(18)30-24(37)21-10-8-19(28)17-23(21)36)29-25-31-26(34-12-4-2-5-13-34)33-27(32-25)35-14-6-3-7-15-35;;;;;;;;;/h8-11,16-17,36H,2-7,12-15H2,1H3,(H,30,37)(H,29,31,32,33);1H;4*1H3;4*1H. The zero-order valence-corrected chi connectivity index (χ0v) is 25.8. The van der Waals surface area contributed by atoms with Crippen LogP contribution in [-0.4, -0.2) is 52.1 Å². The van der Waals surface area contributed by atoms with Gasteiger partial charge in [0.1, 0.15) is 5.75 Å². The van der Waals surface area contributed by atoms with Crippen molar-refractivity contribution in [1.29, 1.82) is 0 Å². The fraction of sp³-hybridized carbons (Fsp3) is 0.407. The Kier molecular flexibility index (Phi) is 16.0. The number of phenols is 1. The third kappa shape index (κ3) is 9.28. The molecule has 1 aromatic heterocycles. The predicted molar refractivity (Wildman–Crippen MR) is 183 cm³/mol. The highest BCUT2D eigenvalue weighted by Crippen LogP contribution is 2.27. The van der Waals surface area contributed by atoms with Gasteiger partial charge in [0.2, 0.25) is 17.8 Å². The minimum absolute atomic E-state index is 0. The molecule has 42 heavy (non-hydrogen) atoms. The molecule has 2 aliphatic rings. The topological polar surface area (TPSA) is 247 Å². The highest BCUT2D eigenvalue weighted by atomic mass is 35.5. The van der Waals surface area contributed by atoms with Crippen molar-refractivity contribution < 1.29 is 15.6 Å². The molecule has 5 rings (SSSR count). The number of aromatic hydroxyl groups is 1. The van der Waals surface area contributed by atoms with Crippen molar-refractivity contribution in [2.24, 2.45) is 0 Å². The summed E-state index contributed by atoms with van der Waals surface area (Å²) in [5.74, 6) is 1.39. The number of nitrogens with zero attached hydrogens (tertiary/aromatic N) is 5. The third-order valence-corrected chi connectivity index (χ3v) is 7.06. The van der Waals surface area contributed by atoms with Gasteiger partial charge >= 0.3 is 0 Å². The lowest BCUT2D eigenvalue weighted by Crippen LogP contribution is -2.34. The van der Waals surface area contributed by atoms with Crippen LogP contribution >= 0.6 is 24.0 Å². The Bertz CT molecular complexity index is 1270. The second-order valence-electron chi connectivity index (χ2n) is 9.62. The molecule has 3 aromatic rings. The molecule has 2 aromatic carbocycles. The van der Waals surface area contributed by atoms with E-state index in [9.17, 15) is 9.90 Å². The number of nitrogens with one attached hydrogen (secondary N) is 2. The quantitative estimate of drug-likeness (QED) is 0.139. The number of piperidine rings is 2. The van der Waals surface area contributed by atoms with Crippen LogP contribution in [0.15, 0.2) is 36.4 Å². The first-order valence-corrected chi connectivity index (χ1v) is 13.3. The number of anilines is 5. The number of halogens is 2. The predicted octanol–water partition coefficient (Wildman–Crippen LogP) is 7.57. The van der Waals surface area contributed by atoms with E-state index in [2.05, 4.69) is 20.4 Å². The Morgan fingerprint density at radius 2 is 1.38 bits per heavy atom. The summed E-state index contributed by atoms with van der Waals surface area (Å²) >= 11 is 5.88. The van der Waals surface area contributed by atoms with Crippen LogP contribution in [0.3, 0.4) is 0 Å². The molecule has 0 spiro atoms. The third-order valence-electron chi connectivity index (χ3n) is 6.82. The molecule has 0 radical (unpaired) electrons. The van der Waals surface area contributed by atoms with Crippen LogP contribution in [-0.2, 0) is 0 Å². The molecule has 0 aliphatic carbocycles. The molecule has 2 aliphatic heterocycles. The smallest absolute Gasteiger partial charge is 0.259 e. The summed E-state index contributed by atoms with van der Waals surface area (Å²) in [7, 11) is 0. The molecule has 3 heterocycles. The second-order valence-corrected chi connectivity index (χ2v) is 10.1. The number of phenolic OH excluding ortho intramolecular Hbond substituents is 1. The van der Waals surface area contributed by atoms with Crippen LogP contribution < -0.4 is 45.0 Å². The van der Waals surface area contributed by atoms with Gasteiger partial charge in [-0.15, -0.1) is 12.4 Å². The molecular weight excluding hydrogens is 581 g/mol. The highest BCUT2D eigenvalue weighted by molar-refractivity contribution is 6.31. The number of aromatic nitrogens is 3. The molecule has 2 saturated heterocycles. The first-order valence-electron chi connectivity index (χ1n) is 12.9. The van der Waals surface area contributed by atoms with Gasteiger partial charge < -0.3 is 50.1 Å². The molecular formula is C27H53Cl2N11O2. The number of amides is 1. The first-order chi connectivity index (χ1) is 18.0. The summed E-state index contributed by atoms with van der Waals surface area (Å²) in [5.41, 5.74) is 2.47. The molecule has 0 saturated carbocycles. The van der Waals surface area contributed by atoms with Crippen molar-refractivity contribution in [2.75, 3.05) is 46.6 Å². The summed E-state index contributed by atoms with van der Waals surface area (Å²) < 4.78 is 0. The van der Waals surface area contributed by atoms with Crippen molar-refractivity contribution >= 4 is 59.1 Å². The van der Waals surface area contributed by atoms with Crippen molar-refractivity contribution in [3.63, 3.8) is 0 Å². The lowest BCUT2D eigenvalue weighted by atomic mass is 10.1. The number of hydrogen-bond donors (Lipinski definition) is 7. The van der Waals surface area contributed by atoms with E-state index < -0.39 is 5.91 Å². The molecule has 0 bridgehead atoms. The van der Waals surface area contributed by atoms with E-state index in [4.69, 9.17) is 26.6 Å². The molecule has 2 fully saturated rings. The van der Waals surface area contributed by atoms with Crippen molar-refractivity contribution in [1.82, 2.24) is 39.6 Å².